The molecule has 0 aliphatic carbocycles. The topological polar surface area (TPSA) is 56.3 Å². The summed E-state index contributed by atoms with van der Waals surface area (Å²) in [4.78, 5) is 2.35. The van der Waals surface area contributed by atoms with Crippen molar-refractivity contribution in [2.24, 2.45) is 7.05 Å². The van der Waals surface area contributed by atoms with Gasteiger partial charge in [0.2, 0.25) is 0 Å². The van der Waals surface area contributed by atoms with Gasteiger partial charge in [-0.05, 0) is 18.8 Å². The SMILES string of the molecule is CC(C)c1nn(C)c(N2CC3CCC(C2)O3)c1N. The van der Waals surface area contributed by atoms with Gasteiger partial charge in [-0.3, -0.25) is 4.68 Å². The number of hydrogen-bond donors (Lipinski definition) is 1. The largest absolute Gasteiger partial charge is 0.394 e. The van der Waals surface area contributed by atoms with Gasteiger partial charge in [-0.25, -0.2) is 0 Å². The summed E-state index contributed by atoms with van der Waals surface area (Å²) in [6.07, 6.45) is 3.10. The highest BCUT2D eigenvalue weighted by Crippen LogP contribution is 2.35. The van der Waals surface area contributed by atoms with Crippen LogP contribution in [0.3, 0.4) is 0 Å². The van der Waals surface area contributed by atoms with E-state index in [0.717, 1.165) is 30.3 Å². The zero-order valence-corrected chi connectivity index (χ0v) is 11.4. The van der Waals surface area contributed by atoms with Crippen molar-refractivity contribution in [2.75, 3.05) is 23.7 Å². The summed E-state index contributed by atoms with van der Waals surface area (Å²) in [6.45, 7) is 6.15. The number of anilines is 2. The summed E-state index contributed by atoms with van der Waals surface area (Å²) in [5.41, 5.74) is 8.13. The van der Waals surface area contributed by atoms with Gasteiger partial charge in [-0.15, -0.1) is 0 Å². The average molecular weight is 250 g/mol. The van der Waals surface area contributed by atoms with E-state index in [-0.39, 0.29) is 0 Å². The molecule has 2 saturated heterocycles. The number of rotatable bonds is 2. The number of nitrogens with two attached hydrogens (primary N) is 1. The highest BCUT2D eigenvalue weighted by Gasteiger charge is 2.36. The Balaban J connectivity index is 1.92. The summed E-state index contributed by atoms with van der Waals surface area (Å²) in [5.74, 6) is 1.43. The molecular weight excluding hydrogens is 228 g/mol. The zero-order chi connectivity index (χ0) is 12.9. The third-order valence-corrected chi connectivity index (χ3v) is 3.97. The van der Waals surface area contributed by atoms with Crippen molar-refractivity contribution < 1.29 is 4.74 Å². The Bertz CT molecular complexity index is 442. The molecule has 1 aromatic heterocycles. The van der Waals surface area contributed by atoms with E-state index in [1.165, 1.54) is 12.8 Å². The molecule has 5 nitrogen and oxygen atoms in total. The average Bonchev–Trinajstić information content (AvgIpc) is 2.79. The molecule has 2 bridgehead atoms. The first kappa shape index (κ1) is 11.8. The maximum Gasteiger partial charge on any atom is 0.150 e. The highest BCUT2D eigenvalue weighted by atomic mass is 16.5. The van der Waals surface area contributed by atoms with Gasteiger partial charge in [0.15, 0.2) is 5.82 Å². The summed E-state index contributed by atoms with van der Waals surface area (Å²) in [6, 6.07) is 0. The second-order valence-electron chi connectivity index (χ2n) is 5.76. The molecule has 0 amide bonds. The van der Waals surface area contributed by atoms with Crippen molar-refractivity contribution in [3.05, 3.63) is 5.69 Å². The summed E-state index contributed by atoms with van der Waals surface area (Å²) in [7, 11) is 1.98. The molecule has 2 fully saturated rings. The smallest absolute Gasteiger partial charge is 0.150 e. The van der Waals surface area contributed by atoms with Crippen LogP contribution in [0.4, 0.5) is 11.5 Å². The molecule has 2 unspecified atom stereocenters. The van der Waals surface area contributed by atoms with E-state index in [2.05, 4.69) is 23.8 Å². The number of ether oxygens (including phenoxy) is 1. The van der Waals surface area contributed by atoms with E-state index >= 15 is 0 Å². The lowest BCUT2D eigenvalue weighted by atomic mass is 10.1. The van der Waals surface area contributed by atoms with Crippen LogP contribution in [0.15, 0.2) is 0 Å². The van der Waals surface area contributed by atoms with Crippen LogP contribution in [-0.4, -0.2) is 35.1 Å². The van der Waals surface area contributed by atoms with Crippen LogP contribution < -0.4 is 10.6 Å². The van der Waals surface area contributed by atoms with Crippen LogP contribution in [0.2, 0.25) is 0 Å². The molecular formula is C13H22N4O. The summed E-state index contributed by atoms with van der Waals surface area (Å²) in [5, 5.41) is 4.56. The lowest BCUT2D eigenvalue weighted by Crippen LogP contribution is -2.43. The van der Waals surface area contributed by atoms with E-state index < -0.39 is 0 Å². The molecule has 100 valence electrons. The van der Waals surface area contributed by atoms with Crippen LogP contribution in [-0.2, 0) is 11.8 Å². The second-order valence-corrected chi connectivity index (χ2v) is 5.76. The van der Waals surface area contributed by atoms with Gasteiger partial charge in [0.25, 0.3) is 0 Å². The number of aromatic nitrogens is 2. The Labute approximate surface area is 108 Å². The lowest BCUT2D eigenvalue weighted by molar-refractivity contribution is 0.0300. The molecule has 3 heterocycles. The molecule has 18 heavy (non-hydrogen) atoms. The molecule has 0 spiro atoms. The van der Waals surface area contributed by atoms with E-state index in [1.807, 2.05) is 11.7 Å². The Morgan fingerprint density at radius 2 is 1.89 bits per heavy atom. The van der Waals surface area contributed by atoms with Gasteiger partial charge < -0.3 is 15.4 Å². The number of aryl methyl sites for hydroxylation is 1. The maximum atomic E-state index is 6.28. The minimum absolute atomic E-state index is 0.364. The van der Waals surface area contributed by atoms with Crippen molar-refractivity contribution >= 4 is 11.5 Å². The third kappa shape index (κ3) is 1.77. The fourth-order valence-corrected chi connectivity index (χ4v) is 3.14. The van der Waals surface area contributed by atoms with E-state index in [0.29, 0.717) is 18.1 Å². The van der Waals surface area contributed by atoms with E-state index in [1.54, 1.807) is 0 Å². The molecule has 2 atom stereocenters. The van der Waals surface area contributed by atoms with Crippen molar-refractivity contribution in [3.8, 4) is 0 Å². The normalized spacial score (nSPS) is 27.2. The first-order valence-corrected chi connectivity index (χ1v) is 6.79. The van der Waals surface area contributed by atoms with Crippen LogP contribution in [0.5, 0.6) is 0 Å². The van der Waals surface area contributed by atoms with Crippen molar-refractivity contribution in [3.63, 3.8) is 0 Å². The number of hydrogen-bond acceptors (Lipinski definition) is 4. The maximum absolute atomic E-state index is 6.28. The molecule has 3 rings (SSSR count). The number of nitrogen functional groups attached to an aromatic ring is 1. The molecule has 2 aliphatic rings. The fraction of sp³-hybridized carbons (Fsp3) is 0.769. The molecule has 0 saturated carbocycles. The molecule has 0 aromatic carbocycles. The Hall–Kier alpha value is -1.23. The quantitative estimate of drug-likeness (QED) is 0.864. The lowest BCUT2D eigenvalue weighted by Gasteiger charge is -2.33. The zero-order valence-electron chi connectivity index (χ0n) is 11.4. The predicted octanol–water partition coefficient (Wildman–Crippen LogP) is 1.49. The first-order chi connectivity index (χ1) is 8.56. The molecule has 5 heteroatoms. The van der Waals surface area contributed by atoms with Crippen molar-refractivity contribution in [2.45, 2.75) is 44.8 Å². The first-order valence-electron chi connectivity index (χ1n) is 6.79. The molecule has 1 aromatic rings. The van der Waals surface area contributed by atoms with Gasteiger partial charge in [0.1, 0.15) is 0 Å². The van der Waals surface area contributed by atoms with E-state index in [4.69, 9.17) is 10.5 Å². The standard InChI is InChI=1S/C13H22N4O/c1-8(2)12-11(14)13(16(3)15-12)17-6-9-4-5-10(7-17)18-9/h8-10H,4-7,14H2,1-3H3. The van der Waals surface area contributed by atoms with Gasteiger partial charge in [-0.1, -0.05) is 13.8 Å². The van der Waals surface area contributed by atoms with Gasteiger partial charge in [0.05, 0.1) is 23.6 Å². The Morgan fingerprint density at radius 3 is 2.39 bits per heavy atom. The Morgan fingerprint density at radius 1 is 1.28 bits per heavy atom. The highest BCUT2D eigenvalue weighted by molar-refractivity contribution is 5.67. The number of fused-ring (bicyclic) bond motifs is 2. The van der Waals surface area contributed by atoms with E-state index in [9.17, 15) is 0 Å². The monoisotopic (exact) mass is 250 g/mol. The van der Waals surface area contributed by atoms with Crippen LogP contribution in [0, 0.1) is 0 Å². The predicted molar refractivity (Wildman–Crippen MR) is 71.8 cm³/mol. The van der Waals surface area contributed by atoms with Crippen molar-refractivity contribution in [1.82, 2.24) is 9.78 Å². The summed E-state index contributed by atoms with van der Waals surface area (Å²) < 4.78 is 7.80. The third-order valence-electron chi connectivity index (χ3n) is 3.97. The Kier molecular flexibility index (Phi) is 2.73. The van der Waals surface area contributed by atoms with Gasteiger partial charge in [0, 0.05) is 20.1 Å². The molecule has 2 N–H and O–H groups in total. The second kappa shape index (κ2) is 4.16. The van der Waals surface area contributed by atoms with Crippen LogP contribution >= 0.6 is 0 Å². The number of nitrogens with zero attached hydrogens (tertiary/aromatic N) is 3. The number of morpholine rings is 1. The van der Waals surface area contributed by atoms with Crippen molar-refractivity contribution in [1.29, 1.82) is 0 Å². The minimum Gasteiger partial charge on any atom is -0.394 e. The fourth-order valence-electron chi connectivity index (χ4n) is 3.14. The van der Waals surface area contributed by atoms with Crippen LogP contribution in [0.25, 0.3) is 0 Å². The molecule has 2 aliphatic heterocycles. The van der Waals surface area contributed by atoms with Crippen LogP contribution in [0.1, 0.15) is 38.3 Å². The minimum atomic E-state index is 0.364. The summed E-state index contributed by atoms with van der Waals surface area (Å²) >= 11 is 0. The van der Waals surface area contributed by atoms with Gasteiger partial charge in [-0.2, -0.15) is 5.10 Å². The van der Waals surface area contributed by atoms with Gasteiger partial charge >= 0.3 is 0 Å². The molecule has 0 radical (unpaired) electrons.